The van der Waals surface area contributed by atoms with Crippen LogP contribution in [0, 0.1) is 0 Å². The van der Waals surface area contributed by atoms with E-state index in [4.69, 9.17) is 16.0 Å². The van der Waals surface area contributed by atoms with Crippen molar-refractivity contribution >= 4 is 17.5 Å². The van der Waals surface area contributed by atoms with Gasteiger partial charge in [-0.25, -0.2) is 0 Å². The fourth-order valence-corrected chi connectivity index (χ4v) is 2.18. The molecule has 0 aliphatic heterocycles. The molecule has 0 aliphatic rings. The summed E-state index contributed by atoms with van der Waals surface area (Å²) in [5.74, 6) is 0.267. The van der Waals surface area contributed by atoms with Gasteiger partial charge in [0.15, 0.2) is 0 Å². The molecule has 0 radical (unpaired) electrons. The van der Waals surface area contributed by atoms with Gasteiger partial charge in [0, 0.05) is 0 Å². The molecular weight excluding hydrogens is 274 g/mol. The second kappa shape index (κ2) is 6.14. The summed E-state index contributed by atoms with van der Waals surface area (Å²) >= 11 is 5.79. The lowest BCUT2D eigenvalue weighted by Crippen LogP contribution is -2.26. The molecule has 106 valence electrons. The Morgan fingerprint density at radius 1 is 1.10 bits per heavy atom. The van der Waals surface area contributed by atoms with E-state index in [1.807, 2.05) is 19.1 Å². The van der Waals surface area contributed by atoms with Gasteiger partial charge in [0.25, 0.3) is 5.91 Å². The van der Waals surface area contributed by atoms with Crippen LogP contribution >= 0.6 is 11.6 Å². The zero-order valence-electron chi connectivity index (χ0n) is 11.8. The van der Waals surface area contributed by atoms with Gasteiger partial charge in [-0.15, -0.1) is 0 Å². The zero-order chi connectivity index (χ0) is 14.7. The fraction of sp³-hybridized carbons (Fsp3) is 0.312. The van der Waals surface area contributed by atoms with Crippen LogP contribution in [0.25, 0.3) is 0 Å². The van der Waals surface area contributed by atoms with Gasteiger partial charge >= 0.3 is 0 Å². The standard InChI is InChI=1S/C16H18ClNO2/c1-10(2)12-4-6-13(7-5-12)11(3)18-16(19)14-8-9-20-15(14)17/h4-11H,1-3H3,(H,18,19). The van der Waals surface area contributed by atoms with Crippen molar-refractivity contribution < 1.29 is 9.21 Å². The summed E-state index contributed by atoms with van der Waals surface area (Å²) in [4.78, 5) is 12.0. The van der Waals surface area contributed by atoms with Crippen LogP contribution in [0.3, 0.4) is 0 Å². The van der Waals surface area contributed by atoms with Gasteiger partial charge in [0.2, 0.25) is 5.22 Å². The monoisotopic (exact) mass is 291 g/mol. The third-order valence-electron chi connectivity index (χ3n) is 3.31. The van der Waals surface area contributed by atoms with Crippen molar-refractivity contribution in [2.45, 2.75) is 32.7 Å². The second-order valence-electron chi connectivity index (χ2n) is 5.12. The van der Waals surface area contributed by atoms with E-state index in [0.29, 0.717) is 11.5 Å². The number of rotatable bonds is 4. The van der Waals surface area contributed by atoms with Crippen LogP contribution in [-0.4, -0.2) is 5.91 Å². The van der Waals surface area contributed by atoms with Crippen molar-refractivity contribution in [1.82, 2.24) is 5.32 Å². The topological polar surface area (TPSA) is 42.2 Å². The Labute approximate surface area is 123 Å². The molecule has 1 heterocycles. The van der Waals surface area contributed by atoms with Crippen LogP contribution < -0.4 is 5.32 Å². The Bertz CT molecular complexity index is 587. The minimum absolute atomic E-state index is 0.0883. The maximum Gasteiger partial charge on any atom is 0.256 e. The normalized spacial score (nSPS) is 12.4. The third kappa shape index (κ3) is 3.23. The van der Waals surface area contributed by atoms with E-state index in [-0.39, 0.29) is 17.2 Å². The maximum absolute atomic E-state index is 12.0. The van der Waals surface area contributed by atoms with Gasteiger partial charge in [-0.3, -0.25) is 4.79 Å². The summed E-state index contributed by atoms with van der Waals surface area (Å²) in [5, 5.41) is 3.02. The van der Waals surface area contributed by atoms with Crippen molar-refractivity contribution in [3.8, 4) is 0 Å². The number of carbonyl (C=O) groups is 1. The first kappa shape index (κ1) is 14.7. The van der Waals surface area contributed by atoms with E-state index in [9.17, 15) is 4.79 Å². The molecule has 1 unspecified atom stereocenters. The molecule has 0 bridgehead atoms. The second-order valence-corrected chi connectivity index (χ2v) is 5.47. The summed E-state index contributed by atoms with van der Waals surface area (Å²) in [6, 6.07) is 9.73. The van der Waals surface area contributed by atoms with Gasteiger partial charge < -0.3 is 9.73 Å². The lowest BCUT2D eigenvalue weighted by molar-refractivity contribution is 0.0939. The molecular formula is C16H18ClNO2. The molecule has 1 atom stereocenters. The van der Waals surface area contributed by atoms with Crippen molar-refractivity contribution in [1.29, 1.82) is 0 Å². The van der Waals surface area contributed by atoms with Crippen LogP contribution in [0.15, 0.2) is 41.0 Å². The fourth-order valence-electron chi connectivity index (χ4n) is 1.98. The predicted octanol–water partition coefficient (Wildman–Crippen LogP) is 4.55. The lowest BCUT2D eigenvalue weighted by Gasteiger charge is -2.15. The van der Waals surface area contributed by atoms with E-state index < -0.39 is 0 Å². The quantitative estimate of drug-likeness (QED) is 0.898. The smallest absolute Gasteiger partial charge is 0.256 e. The number of nitrogens with one attached hydrogen (secondary N) is 1. The van der Waals surface area contributed by atoms with Crippen molar-refractivity contribution in [3.05, 3.63) is 58.5 Å². The highest BCUT2D eigenvalue weighted by atomic mass is 35.5. The number of furan rings is 1. The van der Waals surface area contributed by atoms with E-state index in [1.54, 1.807) is 6.07 Å². The van der Waals surface area contributed by atoms with Crippen molar-refractivity contribution in [2.75, 3.05) is 0 Å². The summed E-state index contributed by atoms with van der Waals surface area (Å²) in [6.07, 6.45) is 1.40. The average Bonchev–Trinajstić information content (AvgIpc) is 2.85. The molecule has 0 fully saturated rings. The van der Waals surface area contributed by atoms with E-state index in [0.717, 1.165) is 5.56 Å². The molecule has 0 saturated carbocycles. The summed E-state index contributed by atoms with van der Waals surface area (Å²) in [5.41, 5.74) is 2.70. The molecule has 3 nitrogen and oxygen atoms in total. The van der Waals surface area contributed by atoms with E-state index in [2.05, 4.69) is 31.3 Å². The van der Waals surface area contributed by atoms with Crippen LogP contribution in [0.5, 0.6) is 0 Å². The SMILES string of the molecule is CC(C)c1ccc(C(C)NC(=O)c2ccoc2Cl)cc1. The van der Waals surface area contributed by atoms with Gasteiger partial charge in [0.1, 0.15) is 0 Å². The minimum Gasteiger partial charge on any atom is -0.452 e. The molecule has 1 amide bonds. The highest BCUT2D eigenvalue weighted by Gasteiger charge is 2.16. The van der Waals surface area contributed by atoms with Crippen molar-refractivity contribution in [3.63, 3.8) is 0 Å². The molecule has 1 aromatic carbocycles. The van der Waals surface area contributed by atoms with Crippen molar-refractivity contribution in [2.24, 2.45) is 0 Å². The van der Waals surface area contributed by atoms with Crippen LogP contribution in [0.2, 0.25) is 5.22 Å². The molecule has 1 N–H and O–H groups in total. The molecule has 1 aromatic heterocycles. The van der Waals surface area contributed by atoms with Gasteiger partial charge in [-0.1, -0.05) is 38.1 Å². The van der Waals surface area contributed by atoms with E-state index in [1.165, 1.54) is 11.8 Å². The number of hydrogen-bond donors (Lipinski definition) is 1. The number of halogens is 1. The Morgan fingerprint density at radius 2 is 1.70 bits per heavy atom. The lowest BCUT2D eigenvalue weighted by atomic mass is 9.99. The molecule has 0 aliphatic carbocycles. The Hall–Kier alpha value is -1.74. The number of amides is 1. The number of carbonyl (C=O) groups excluding carboxylic acids is 1. The third-order valence-corrected chi connectivity index (χ3v) is 3.61. The number of benzene rings is 1. The summed E-state index contributed by atoms with van der Waals surface area (Å²) in [7, 11) is 0. The number of hydrogen-bond acceptors (Lipinski definition) is 2. The highest BCUT2D eigenvalue weighted by Crippen LogP contribution is 2.20. The van der Waals surface area contributed by atoms with Gasteiger partial charge in [-0.2, -0.15) is 0 Å². The highest BCUT2D eigenvalue weighted by molar-refractivity contribution is 6.32. The Kier molecular flexibility index (Phi) is 4.50. The Balaban J connectivity index is 2.06. The molecule has 0 spiro atoms. The summed E-state index contributed by atoms with van der Waals surface area (Å²) in [6.45, 7) is 6.25. The molecule has 2 rings (SSSR count). The van der Waals surface area contributed by atoms with Crippen LogP contribution in [0.4, 0.5) is 0 Å². The van der Waals surface area contributed by atoms with Gasteiger partial charge in [-0.05, 0) is 41.6 Å². The van der Waals surface area contributed by atoms with E-state index >= 15 is 0 Å². The van der Waals surface area contributed by atoms with Crippen LogP contribution in [-0.2, 0) is 0 Å². The summed E-state index contributed by atoms with van der Waals surface area (Å²) < 4.78 is 4.92. The molecule has 2 aromatic rings. The van der Waals surface area contributed by atoms with Gasteiger partial charge in [0.05, 0.1) is 17.9 Å². The first-order valence-corrected chi connectivity index (χ1v) is 7.00. The Morgan fingerprint density at radius 3 is 2.20 bits per heavy atom. The molecule has 0 saturated heterocycles. The molecule has 20 heavy (non-hydrogen) atoms. The molecule has 4 heteroatoms. The van der Waals surface area contributed by atoms with Crippen LogP contribution in [0.1, 0.15) is 54.2 Å². The predicted molar refractivity (Wildman–Crippen MR) is 80.1 cm³/mol. The maximum atomic E-state index is 12.0. The largest absolute Gasteiger partial charge is 0.452 e. The average molecular weight is 292 g/mol. The first-order valence-electron chi connectivity index (χ1n) is 6.62. The minimum atomic E-state index is -0.232. The first-order chi connectivity index (χ1) is 9.49. The zero-order valence-corrected chi connectivity index (χ0v) is 12.6.